The van der Waals surface area contributed by atoms with Crippen LogP contribution in [0.5, 0.6) is 5.75 Å². The summed E-state index contributed by atoms with van der Waals surface area (Å²) in [7, 11) is 1.58. The van der Waals surface area contributed by atoms with E-state index in [9.17, 15) is 9.59 Å². The van der Waals surface area contributed by atoms with Crippen molar-refractivity contribution in [1.82, 2.24) is 10.6 Å². The van der Waals surface area contributed by atoms with Crippen LogP contribution in [0, 0.1) is 0 Å². The van der Waals surface area contributed by atoms with Gasteiger partial charge in [0.05, 0.1) is 12.6 Å². The van der Waals surface area contributed by atoms with Crippen LogP contribution in [0.4, 0.5) is 0 Å². The summed E-state index contributed by atoms with van der Waals surface area (Å²) in [5, 5.41) is 6.39. The van der Waals surface area contributed by atoms with Gasteiger partial charge in [-0.2, -0.15) is 0 Å². The number of nitrogens with one attached hydrogen (secondary N) is 2. The van der Waals surface area contributed by atoms with Gasteiger partial charge in [0.2, 0.25) is 5.91 Å². The molecule has 2 N–H and O–H groups in total. The average Bonchev–Trinajstić information content (AvgIpc) is 3.18. The lowest BCUT2D eigenvalue weighted by atomic mass is 10.1. The van der Waals surface area contributed by atoms with Crippen LogP contribution in [-0.4, -0.2) is 25.5 Å². The molecule has 0 saturated carbocycles. The van der Waals surface area contributed by atoms with Crippen molar-refractivity contribution in [2.75, 3.05) is 13.7 Å². The molecule has 1 aromatic heterocycles. The van der Waals surface area contributed by atoms with E-state index in [4.69, 9.17) is 9.15 Å². The number of hydrogen-bond donors (Lipinski definition) is 2. The molecule has 0 spiro atoms. The van der Waals surface area contributed by atoms with E-state index in [-0.39, 0.29) is 17.9 Å². The molecular weight excluding hydrogens is 368 g/mol. The number of fused-ring (bicyclic) bond motifs is 1. The van der Waals surface area contributed by atoms with E-state index in [1.807, 2.05) is 38.1 Å². The summed E-state index contributed by atoms with van der Waals surface area (Å²) < 4.78 is 11.5. The maximum absolute atomic E-state index is 12.3. The van der Waals surface area contributed by atoms with Crippen molar-refractivity contribution in [3.05, 3.63) is 71.5 Å². The first-order chi connectivity index (χ1) is 14.0. The molecule has 2 aromatic carbocycles. The topological polar surface area (TPSA) is 80.6 Å². The molecular formula is C23H24N2O4. The number of furan rings is 1. The Labute approximate surface area is 169 Å². The lowest BCUT2D eigenvalue weighted by Crippen LogP contribution is -2.24. The normalized spacial score (nSPS) is 12.1. The summed E-state index contributed by atoms with van der Waals surface area (Å²) in [4.78, 5) is 23.8. The van der Waals surface area contributed by atoms with Gasteiger partial charge in [-0.3, -0.25) is 9.59 Å². The highest BCUT2D eigenvalue weighted by molar-refractivity contribution is 5.95. The van der Waals surface area contributed by atoms with E-state index in [0.717, 1.165) is 10.9 Å². The van der Waals surface area contributed by atoms with Crippen molar-refractivity contribution in [2.45, 2.75) is 19.9 Å². The lowest BCUT2D eigenvalue weighted by Gasteiger charge is -2.09. The number of ether oxygens (including phenoxy) is 1. The van der Waals surface area contributed by atoms with Crippen LogP contribution in [0.1, 0.15) is 41.6 Å². The van der Waals surface area contributed by atoms with Crippen molar-refractivity contribution < 1.29 is 18.7 Å². The second kappa shape index (κ2) is 9.10. The fourth-order valence-corrected chi connectivity index (χ4v) is 2.93. The predicted octanol–water partition coefficient (Wildman–Crippen LogP) is 4.08. The molecule has 0 radical (unpaired) electrons. The number of carbonyl (C=O) groups is 2. The molecule has 0 fully saturated rings. The smallest absolute Gasteiger partial charge is 0.251 e. The number of amides is 2. The first-order valence-electron chi connectivity index (χ1n) is 9.47. The second-order valence-electron chi connectivity index (χ2n) is 6.52. The molecule has 0 bridgehead atoms. The van der Waals surface area contributed by atoms with Gasteiger partial charge < -0.3 is 19.8 Å². The minimum atomic E-state index is -0.301. The highest BCUT2D eigenvalue weighted by Gasteiger charge is 2.15. The molecule has 0 aliphatic carbocycles. The van der Waals surface area contributed by atoms with Crippen LogP contribution in [0.2, 0.25) is 0 Å². The van der Waals surface area contributed by atoms with Crippen LogP contribution in [0.3, 0.4) is 0 Å². The molecule has 3 rings (SSSR count). The molecule has 0 saturated heterocycles. The third-order valence-electron chi connectivity index (χ3n) is 4.44. The summed E-state index contributed by atoms with van der Waals surface area (Å²) in [6.07, 6.45) is 3.15. The number of carbonyl (C=O) groups excluding carboxylic acids is 2. The molecule has 1 heterocycles. The number of rotatable bonds is 7. The Kier molecular flexibility index (Phi) is 6.34. The van der Waals surface area contributed by atoms with E-state index in [1.165, 1.54) is 6.08 Å². The monoisotopic (exact) mass is 392 g/mol. The van der Waals surface area contributed by atoms with Crippen molar-refractivity contribution in [2.24, 2.45) is 0 Å². The second-order valence-corrected chi connectivity index (χ2v) is 6.52. The molecule has 1 atom stereocenters. The van der Waals surface area contributed by atoms with Gasteiger partial charge in [0.25, 0.3) is 5.91 Å². The summed E-state index contributed by atoms with van der Waals surface area (Å²) in [6.45, 7) is 4.34. The zero-order valence-corrected chi connectivity index (χ0v) is 16.7. The Morgan fingerprint density at radius 1 is 1.17 bits per heavy atom. The minimum absolute atomic E-state index is 0.148. The van der Waals surface area contributed by atoms with Gasteiger partial charge in [-0.25, -0.2) is 0 Å². The maximum atomic E-state index is 12.3. The SMILES string of the molecule is CCOc1cccc2cc(C(C)NC(=O)/C=C/c3ccc(C(=O)NC)cc3)oc12. The van der Waals surface area contributed by atoms with E-state index >= 15 is 0 Å². The Bertz CT molecular complexity index is 1030. The van der Waals surface area contributed by atoms with Crippen LogP contribution in [-0.2, 0) is 4.79 Å². The summed E-state index contributed by atoms with van der Waals surface area (Å²) in [6, 6.07) is 14.3. The van der Waals surface area contributed by atoms with Crippen LogP contribution < -0.4 is 15.4 Å². The quantitative estimate of drug-likeness (QED) is 0.594. The first kappa shape index (κ1) is 20.2. The van der Waals surface area contributed by atoms with E-state index in [1.54, 1.807) is 37.4 Å². The Balaban J connectivity index is 1.66. The minimum Gasteiger partial charge on any atom is -0.490 e. The van der Waals surface area contributed by atoms with Gasteiger partial charge in [0.1, 0.15) is 5.76 Å². The van der Waals surface area contributed by atoms with Crippen LogP contribution in [0.15, 0.2) is 59.0 Å². The van der Waals surface area contributed by atoms with Crippen molar-refractivity contribution in [3.63, 3.8) is 0 Å². The highest BCUT2D eigenvalue weighted by atomic mass is 16.5. The van der Waals surface area contributed by atoms with Gasteiger partial charge in [0.15, 0.2) is 11.3 Å². The van der Waals surface area contributed by atoms with Gasteiger partial charge >= 0.3 is 0 Å². The van der Waals surface area contributed by atoms with Crippen molar-refractivity contribution in [3.8, 4) is 5.75 Å². The molecule has 1 unspecified atom stereocenters. The number of hydrogen-bond acceptors (Lipinski definition) is 4. The average molecular weight is 392 g/mol. The molecule has 3 aromatic rings. The summed E-state index contributed by atoms with van der Waals surface area (Å²) in [5.41, 5.74) is 2.07. The first-order valence-corrected chi connectivity index (χ1v) is 9.47. The van der Waals surface area contributed by atoms with Gasteiger partial charge in [0, 0.05) is 24.1 Å². The third-order valence-corrected chi connectivity index (χ3v) is 4.44. The van der Waals surface area contributed by atoms with Crippen LogP contribution in [0.25, 0.3) is 17.0 Å². The molecule has 0 aliphatic rings. The molecule has 150 valence electrons. The Morgan fingerprint density at radius 3 is 2.62 bits per heavy atom. The largest absolute Gasteiger partial charge is 0.490 e. The Hall–Kier alpha value is -3.54. The maximum Gasteiger partial charge on any atom is 0.251 e. The van der Waals surface area contributed by atoms with Crippen molar-refractivity contribution >= 4 is 28.9 Å². The highest BCUT2D eigenvalue weighted by Crippen LogP contribution is 2.31. The molecule has 6 nitrogen and oxygen atoms in total. The number of para-hydroxylation sites is 1. The molecule has 29 heavy (non-hydrogen) atoms. The summed E-state index contributed by atoms with van der Waals surface area (Å²) >= 11 is 0. The fraction of sp³-hybridized carbons (Fsp3) is 0.217. The molecule has 6 heteroatoms. The van der Waals surface area contributed by atoms with Gasteiger partial charge in [-0.15, -0.1) is 0 Å². The lowest BCUT2D eigenvalue weighted by molar-refractivity contribution is -0.117. The third kappa shape index (κ3) is 4.85. The molecule has 2 amide bonds. The molecule has 0 aliphatic heterocycles. The van der Waals surface area contributed by atoms with Gasteiger partial charge in [-0.1, -0.05) is 24.3 Å². The summed E-state index contributed by atoms with van der Waals surface area (Å²) in [5.74, 6) is 0.961. The van der Waals surface area contributed by atoms with E-state index in [0.29, 0.717) is 29.3 Å². The zero-order valence-electron chi connectivity index (χ0n) is 16.7. The van der Waals surface area contributed by atoms with Crippen LogP contribution >= 0.6 is 0 Å². The zero-order chi connectivity index (χ0) is 20.8. The van der Waals surface area contributed by atoms with E-state index < -0.39 is 0 Å². The fourth-order valence-electron chi connectivity index (χ4n) is 2.93. The number of benzene rings is 2. The standard InChI is InChI=1S/C23H24N2O4/c1-4-28-19-7-5-6-18-14-20(29-22(18)19)15(2)25-21(26)13-10-16-8-11-17(12-9-16)23(27)24-3/h5-15H,4H2,1-3H3,(H,24,27)(H,25,26)/b13-10+. The van der Waals surface area contributed by atoms with E-state index in [2.05, 4.69) is 10.6 Å². The van der Waals surface area contributed by atoms with Gasteiger partial charge in [-0.05, 0) is 49.8 Å². The predicted molar refractivity (Wildman–Crippen MR) is 113 cm³/mol. The Morgan fingerprint density at radius 2 is 1.93 bits per heavy atom. The van der Waals surface area contributed by atoms with Crippen molar-refractivity contribution in [1.29, 1.82) is 0 Å².